The van der Waals surface area contributed by atoms with Gasteiger partial charge in [0.25, 0.3) is 5.91 Å². The molecule has 1 N–H and O–H groups in total. The van der Waals surface area contributed by atoms with Crippen molar-refractivity contribution >= 4 is 15.9 Å². The zero-order chi connectivity index (χ0) is 23.2. The van der Waals surface area contributed by atoms with Crippen LogP contribution in [0.4, 0.5) is 22.0 Å². The number of amides is 1. The molecule has 0 aliphatic carbocycles. The second kappa shape index (κ2) is 10.7. The lowest BCUT2D eigenvalue weighted by atomic mass is 9.96. The fourth-order valence-corrected chi connectivity index (χ4v) is 4.43. The molecule has 176 valence electrons. The highest BCUT2D eigenvalue weighted by Gasteiger charge is 2.32. The predicted octanol–water partition coefficient (Wildman–Crippen LogP) is 3.21. The number of nitrogens with one attached hydrogen (secondary N) is 1. The normalized spacial score (nSPS) is 16.6. The highest BCUT2D eigenvalue weighted by atomic mass is 32.2. The summed E-state index contributed by atoms with van der Waals surface area (Å²) in [5, 5.41) is 2.53. The zero-order valence-electron chi connectivity index (χ0n) is 17.1. The number of sulfonamides is 1. The standard InChI is InChI=1S/C19H26F5N3O3S/c1-2-9-31(29,30)27(24)8-7-26-5-3-14(4-6-26)13-25-18(28)15-10-16(19(21,22)23)12-17(20)11-15/h10-12,14H,2-9,13H2,1H3,(H,25,28). The van der Waals surface area contributed by atoms with E-state index in [9.17, 15) is 35.3 Å². The highest BCUT2D eigenvalue weighted by molar-refractivity contribution is 7.88. The maximum Gasteiger partial charge on any atom is 0.416 e. The molecule has 6 nitrogen and oxygen atoms in total. The monoisotopic (exact) mass is 471 g/mol. The van der Waals surface area contributed by atoms with Crippen molar-refractivity contribution in [3.8, 4) is 0 Å². The van der Waals surface area contributed by atoms with Crippen molar-refractivity contribution in [2.24, 2.45) is 5.92 Å². The van der Waals surface area contributed by atoms with Gasteiger partial charge < -0.3 is 10.2 Å². The summed E-state index contributed by atoms with van der Waals surface area (Å²) in [6, 6.07) is 1.69. The number of piperidine rings is 1. The Hall–Kier alpha value is -1.79. The number of hydrogen-bond acceptors (Lipinski definition) is 4. The van der Waals surface area contributed by atoms with E-state index in [-0.39, 0.29) is 35.8 Å². The number of nitrogens with zero attached hydrogens (tertiary/aromatic N) is 2. The van der Waals surface area contributed by atoms with Crippen molar-refractivity contribution in [2.45, 2.75) is 32.4 Å². The van der Waals surface area contributed by atoms with E-state index in [0.29, 0.717) is 44.5 Å². The number of carbonyl (C=O) groups is 1. The first-order valence-electron chi connectivity index (χ1n) is 9.97. The summed E-state index contributed by atoms with van der Waals surface area (Å²) < 4.78 is 88.7. The van der Waals surface area contributed by atoms with Crippen LogP contribution in [0.3, 0.4) is 0 Å². The molecule has 0 spiro atoms. The summed E-state index contributed by atoms with van der Waals surface area (Å²) in [6.07, 6.45) is -3.14. The number of benzene rings is 1. The van der Waals surface area contributed by atoms with Crippen LogP contribution >= 0.6 is 0 Å². The van der Waals surface area contributed by atoms with Crippen LogP contribution in [0.5, 0.6) is 0 Å². The Labute approximate surface area is 178 Å². The minimum Gasteiger partial charge on any atom is -0.352 e. The summed E-state index contributed by atoms with van der Waals surface area (Å²) in [5.41, 5.74) is -1.63. The lowest BCUT2D eigenvalue weighted by Gasteiger charge is -2.32. The van der Waals surface area contributed by atoms with Gasteiger partial charge in [-0.3, -0.25) is 4.79 Å². The van der Waals surface area contributed by atoms with Crippen molar-refractivity contribution in [1.29, 1.82) is 0 Å². The molecule has 1 aromatic rings. The van der Waals surface area contributed by atoms with E-state index in [1.807, 2.05) is 4.90 Å². The van der Waals surface area contributed by atoms with Gasteiger partial charge in [0.15, 0.2) is 0 Å². The quantitative estimate of drug-likeness (QED) is 0.444. The van der Waals surface area contributed by atoms with E-state index in [1.165, 1.54) is 0 Å². The molecule has 1 heterocycles. The number of carbonyl (C=O) groups excluding carboxylic acids is 1. The molecule has 1 amide bonds. The first-order valence-corrected chi connectivity index (χ1v) is 11.6. The van der Waals surface area contributed by atoms with Crippen LogP contribution in [-0.2, 0) is 16.2 Å². The summed E-state index contributed by atoms with van der Waals surface area (Å²) in [4.78, 5) is 14.1. The van der Waals surface area contributed by atoms with E-state index < -0.39 is 39.1 Å². The van der Waals surface area contributed by atoms with Crippen molar-refractivity contribution in [2.75, 3.05) is 38.5 Å². The van der Waals surface area contributed by atoms with Crippen LogP contribution in [0.15, 0.2) is 18.2 Å². The van der Waals surface area contributed by atoms with Crippen molar-refractivity contribution in [1.82, 2.24) is 14.7 Å². The largest absolute Gasteiger partial charge is 0.416 e. The molecule has 0 atom stereocenters. The van der Waals surface area contributed by atoms with Crippen LogP contribution < -0.4 is 5.32 Å². The Morgan fingerprint density at radius 1 is 1.23 bits per heavy atom. The van der Waals surface area contributed by atoms with Gasteiger partial charge in [-0.2, -0.15) is 13.2 Å². The topological polar surface area (TPSA) is 69.7 Å². The highest BCUT2D eigenvalue weighted by Crippen LogP contribution is 2.30. The van der Waals surface area contributed by atoms with Crippen LogP contribution in [0, 0.1) is 11.7 Å². The van der Waals surface area contributed by atoms with E-state index in [4.69, 9.17) is 0 Å². The third kappa shape index (κ3) is 7.69. The van der Waals surface area contributed by atoms with Gasteiger partial charge in [0, 0.05) is 18.7 Å². The molecular weight excluding hydrogens is 445 g/mol. The Kier molecular flexibility index (Phi) is 8.78. The van der Waals surface area contributed by atoms with Crippen LogP contribution in [0.1, 0.15) is 42.1 Å². The fraction of sp³-hybridized carbons (Fsp3) is 0.632. The number of alkyl halides is 3. The maximum absolute atomic E-state index is 13.8. The predicted molar refractivity (Wildman–Crippen MR) is 105 cm³/mol. The van der Waals surface area contributed by atoms with E-state index in [0.717, 1.165) is 6.07 Å². The number of hydrogen-bond donors (Lipinski definition) is 1. The van der Waals surface area contributed by atoms with Gasteiger partial charge in [-0.1, -0.05) is 6.92 Å². The third-order valence-corrected chi connectivity index (χ3v) is 6.81. The average molecular weight is 471 g/mol. The average Bonchev–Trinajstić information content (AvgIpc) is 2.69. The van der Waals surface area contributed by atoms with Crippen LogP contribution in [0.2, 0.25) is 0 Å². The zero-order valence-corrected chi connectivity index (χ0v) is 17.9. The molecule has 0 radical (unpaired) electrons. The Bertz CT molecular complexity index is 856. The molecule has 1 aliphatic rings. The summed E-state index contributed by atoms with van der Waals surface area (Å²) in [5.74, 6) is -2.12. The van der Waals surface area contributed by atoms with Gasteiger partial charge in [-0.05, 0) is 61.0 Å². The summed E-state index contributed by atoms with van der Waals surface area (Å²) in [7, 11) is -3.89. The van der Waals surface area contributed by atoms with E-state index in [1.54, 1.807) is 6.92 Å². The Morgan fingerprint density at radius 3 is 2.45 bits per heavy atom. The first-order chi connectivity index (χ1) is 14.4. The molecule has 31 heavy (non-hydrogen) atoms. The SMILES string of the molecule is CCCS(=O)(=O)N(F)CCN1CCC(CNC(=O)c2cc(F)cc(C(F)(F)F)c2)CC1. The second-order valence-corrected chi connectivity index (χ2v) is 9.52. The summed E-state index contributed by atoms with van der Waals surface area (Å²) >= 11 is 0. The number of halogens is 5. The van der Waals surface area contributed by atoms with Gasteiger partial charge >= 0.3 is 6.18 Å². The number of rotatable bonds is 9. The fourth-order valence-electron chi connectivity index (χ4n) is 3.35. The molecule has 1 fully saturated rings. The smallest absolute Gasteiger partial charge is 0.352 e. The van der Waals surface area contributed by atoms with E-state index in [2.05, 4.69) is 5.32 Å². The molecule has 1 saturated heterocycles. The maximum atomic E-state index is 13.8. The summed E-state index contributed by atoms with van der Waals surface area (Å²) in [6.45, 7) is 2.98. The molecular formula is C19H26F5N3O3S. The lowest BCUT2D eigenvalue weighted by Crippen LogP contribution is -2.42. The molecule has 0 saturated carbocycles. The van der Waals surface area contributed by atoms with Crippen LogP contribution in [0.25, 0.3) is 0 Å². The van der Waals surface area contributed by atoms with E-state index >= 15 is 0 Å². The minimum absolute atomic E-state index is 0.0566. The number of likely N-dealkylation sites (tertiary alicyclic amines) is 1. The molecule has 1 aliphatic heterocycles. The lowest BCUT2D eigenvalue weighted by molar-refractivity contribution is -0.137. The van der Waals surface area contributed by atoms with Gasteiger partial charge in [0.05, 0.1) is 17.9 Å². The third-order valence-electron chi connectivity index (χ3n) is 5.10. The molecule has 1 aromatic carbocycles. The van der Waals surface area contributed by atoms with Gasteiger partial charge in [-0.25, -0.2) is 12.8 Å². The first kappa shape index (κ1) is 25.5. The molecule has 0 bridgehead atoms. The van der Waals surface area contributed by atoms with Crippen LogP contribution in [-0.4, -0.2) is 62.2 Å². The molecule has 0 aromatic heterocycles. The van der Waals surface area contributed by atoms with Gasteiger partial charge in [0.1, 0.15) is 5.82 Å². The molecule has 12 heteroatoms. The Morgan fingerprint density at radius 2 is 1.87 bits per heavy atom. The Balaban J connectivity index is 1.78. The molecule has 2 rings (SSSR count). The van der Waals surface area contributed by atoms with Gasteiger partial charge in [-0.15, -0.1) is 4.48 Å². The van der Waals surface area contributed by atoms with Crippen molar-refractivity contribution in [3.63, 3.8) is 0 Å². The minimum atomic E-state index is -4.75. The van der Waals surface area contributed by atoms with Gasteiger partial charge in [0.2, 0.25) is 10.0 Å². The molecule has 0 unspecified atom stereocenters. The van der Waals surface area contributed by atoms with Crippen molar-refractivity contribution < 1.29 is 35.3 Å². The second-order valence-electron chi connectivity index (χ2n) is 7.55. The van der Waals surface area contributed by atoms with Crippen molar-refractivity contribution in [3.05, 3.63) is 35.1 Å².